The molecule has 0 saturated heterocycles. The lowest BCUT2D eigenvalue weighted by Crippen LogP contribution is -2.43. The van der Waals surface area contributed by atoms with Crippen LogP contribution >= 0.6 is 12.2 Å². The van der Waals surface area contributed by atoms with E-state index in [1.807, 2.05) is 24.3 Å². The van der Waals surface area contributed by atoms with E-state index in [1.165, 1.54) is 12.1 Å². The number of benzene rings is 2. The fourth-order valence-electron chi connectivity index (χ4n) is 4.99. The van der Waals surface area contributed by atoms with E-state index in [1.54, 1.807) is 19.2 Å². The van der Waals surface area contributed by atoms with Gasteiger partial charge in [-0.2, -0.15) is 0 Å². The molecule has 8 heteroatoms. The predicted molar refractivity (Wildman–Crippen MR) is 147 cm³/mol. The molecular weight excluding hydrogens is 503 g/mol. The second kappa shape index (κ2) is 9.82. The first-order valence-electron chi connectivity index (χ1n) is 13.1. The van der Waals surface area contributed by atoms with Crippen LogP contribution < -0.4 is 19.5 Å². The molecule has 0 amide bonds. The molecule has 6 nitrogen and oxygen atoms in total. The Morgan fingerprint density at radius 2 is 1.89 bits per heavy atom. The highest BCUT2D eigenvalue weighted by Crippen LogP contribution is 2.48. The number of methoxy groups -OCH3 is 1. The van der Waals surface area contributed by atoms with Gasteiger partial charge in [0.1, 0.15) is 27.9 Å². The van der Waals surface area contributed by atoms with Crippen molar-refractivity contribution >= 4 is 17.2 Å². The molecule has 3 aromatic rings. The summed E-state index contributed by atoms with van der Waals surface area (Å²) >= 11 is 5.71. The van der Waals surface area contributed by atoms with Gasteiger partial charge in [0.05, 0.1) is 32.1 Å². The summed E-state index contributed by atoms with van der Waals surface area (Å²) in [7, 11) is 1.62. The summed E-state index contributed by atoms with van der Waals surface area (Å²) in [5, 5.41) is 15.4. The van der Waals surface area contributed by atoms with Gasteiger partial charge < -0.3 is 24.6 Å². The van der Waals surface area contributed by atoms with Crippen molar-refractivity contribution in [1.82, 2.24) is 10.3 Å². The second-order valence-electron chi connectivity index (χ2n) is 10.6. The standard InChI is InChI=1S/C30H31FN2O4S/c1-17-15-36-28-23(17)14-26(33-27(28)18-3-8-21(31)9-4-18)30(34,20-6-7-20)16-32-29(38)19-5-12-24(25(13-19)35-2)37-22-10-11-22/h3-5,8-9,12-14,17,20,22,34H,6-7,10-11,15-16H2,1-2H3,(H,32,38)/t17-,30?/m1/s1. The van der Waals surface area contributed by atoms with Crippen LogP contribution in [0.2, 0.25) is 0 Å². The first-order valence-corrected chi connectivity index (χ1v) is 13.6. The molecule has 2 saturated carbocycles. The number of aliphatic hydroxyl groups is 1. The predicted octanol–water partition coefficient (Wildman–Crippen LogP) is 5.50. The lowest BCUT2D eigenvalue weighted by Gasteiger charge is -2.30. The Morgan fingerprint density at radius 1 is 1.13 bits per heavy atom. The minimum Gasteiger partial charge on any atom is -0.493 e. The van der Waals surface area contributed by atoms with Crippen molar-refractivity contribution in [3.8, 4) is 28.5 Å². The highest BCUT2D eigenvalue weighted by Gasteiger charge is 2.47. The zero-order chi connectivity index (χ0) is 26.4. The molecule has 2 heterocycles. The van der Waals surface area contributed by atoms with Gasteiger partial charge >= 0.3 is 0 Å². The summed E-state index contributed by atoms with van der Waals surface area (Å²) in [6.45, 7) is 2.85. The van der Waals surface area contributed by atoms with Crippen LogP contribution in [0.5, 0.6) is 17.2 Å². The maximum atomic E-state index is 13.6. The summed E-state index contributed by atoms with van der Waals surface area (Å²) < 4.78 is 31.1. The SMILES string of the molecule is COc1cc(C(=S)NCC(O)(c2cc3c(c(-c4ccc(F)cc4)n2)OC[C@H]3C)C2CC2)ccc1OC1CC1. The highest BCUT2D eigenvalue weighted by atomic mass is 32.1. The van der Waals surface area contributed by atoms with Crippen molar-refractivity contribution < 1.29 is 23.7 Å². The number of thiocarbonyl (C=S) groups is 1. The number of aromatic nitrogens is 1. The number of fused-ring (bicyclic) bond motifs is 1. The quantitative estimate of drug-likeness (QED) is 0.352. The smallest absolute Gasteiger partial charge is 0.161 e. The third kappa shape index (κ3) is 4.83. The fraction of sp³-hybridized carbons (Fsp3) is 0.400. The van der Waals surface area contributed by atoms with Crippen LogP contribution in [0.25, 0.3) is 11.3 Å². The van der Waals surface area contributed by atoms with Gasteiger partial charge in [0, 0.05) is 22.6 Å². The monoisotopic (exact) mass is 534 g/mol. The molecule has 0 bridgehead atoms. The van der Waals surface area contributed by atoms with Gasteiger partial charge in [-0.25, -0.2) is 9.37 Å². The molecule has 2 aromatic carbocycles. The van der Waals surface area contributed by atoms with E-state index in [2.05, 4.69) is 12.2 Å². The first kappa shape index (κ1) is 25.1. The molecule has 0 spiro atoms. The molecule has 198 valence electrons. The Balaban J connectivity index is 1.29. The topological polar surface area (TPSA) is 72.8 Å². The molecule has 2 N–H and O–H groups in total. The van der Waals surface area contributed by atoms with Crippen LogP contribution in [0.15, 0.2) is 48.5 Å². The maximum absolute atomic E-state index is 13.6. The maximum Gasteiger partial charge on any atom is 0.161 e. The van der Waals surface area contributed by atoms with Crippen molar-refractivity contribution in [2.45, 2.75) is 50.2 Å². The Morgan fingerprint density at radius 3 is 2.58 bits per heavy atom. The van der Waals surface area contributed by atoms with Crippen LogP contribution in [-0.2, 0) is 5.60 Å². The molecule has 38 heavy (non-hydrogen) atoms. The number of hydrogen-bond donors (Lipinski definition) is 2. The summed E-state index contributed by atoms with van der Waals surface area (Å²) in [6.07, 6.45) is 4.20. The molecule has 2 aliphatic carbocycles. The van der Waals surface area contributed by atoms with Crippen LogP contribution in [-0.4, -0.2) is 41.4 Å². The summed E-state index contributed by atoms with van der Waals surface area (Å²) in [5.74, 6) is 1.96. The van der Waals surface area contributed by atoms with Crippen molar-refractivity contribution in [2.24, 2.45) is 5.92 Å². The molecule has 0 radical (unpaired) electrons. The molecule has 1 aromatic heterocycles. The normalized spacial score (nSPS) is 19.7. The van der Waals surface area contributed by atoms with Crippen molar-refractivity contribution in [1.29, 1.82) is 0 Å². The van der Waals surface area contributed by atoms with Gasteiger partial charge in [0.15, 0.2) is 11.5 Å². The summed E-state index contributed by atoms with van der Waals surface area (Å²) in [4.78, 5) is 5.43. The van der Waals surface area contributed by atoms with E-state index >= 15 is 0 Å². The Kier molecular flexibility index (Phi) is 6.48. The molecule has 1 aliphatic heterocycles. The lowest BCUT2D eigenvalue weighted by atomic mass is 9.89. The number of halogens is 1. The number of pyridine rings is 1. The minimum absolute atomic E-state index is 0.0610. The number of ether oxygens (including phenoxy) is 3. The molecule has 3 aliphatic rings. The van der Waals surface area contributed by atoms with E-state index in [0.717, 1.165) is 42.4 Å². The second-order valence-corrected chi connectivity index (χ2v) is 11.0. The number of nitrogens with zero attached hydrogens (tertiary/aromatic N) is 1. The fourth-order valence-corrected chi connectivity index (χ4v) is 5.19. The van der Waals surface area contributed by atoms with E-state index in [4.69, 9.17) is 31.4 Å². The third-order valence-electron chi connectivity index (χ3n) is 7.59. The van der Waals surface area contributed by atoms with Gasteiger partial charge in [-0.05, 0) is 80.1 Å². The Bertz CT molecular complexity index is 1370. The van der Waals surface area contributed by atoms with E-state index in [9.17, 15) is 9.50 Å². The zero-order valence-corrected chi connectivity index (χ0v) is 22.3. The average Bonchev–Trinajstić information content (AvgIpc) is 3.86. The van der Waals surface area contributed by atoms with Crippen molar-refractivity contribution in [3.05, 3.63) is 71.2 Å². The van der Waals surface area contributed by atoms with Gasteiger partial charge in [-0.15, -0.1) is 0 Å². The number of rotatable bonds is 9. The van der Waals surface area contributed by atoms with Gasteiger partial charge in [-0.3, -0.25) is 0 Å². The Labute approximate surface area is 227 Å². The molecule has 2 atom stereocenters. The van der Waals surface area contributed by atoms with E-state index in [-0.39, 0.29) is 30.3 Å². The zero-order valence-electron chi connectivity index (χ0n) is 21.5. The van der Waals surface area contributed by atoms with Crippen LogP contribution in [0.3, 0.4) is 0 Å². The number of hydrogen-bond acceptors (Lipinski definition) is 6. The molecule has 2 fully saturated rings. The van der Waals surface area contributed by atoms with Gasteiger partial charge in [-0.1, -0.05) is 19.1 Å². The number of nitrogens with one attached hydrogen (secondary N) is 1. The van der Waals surface area contributed by atoms with Crippen LogP contribution in [0.4, 0.5) is 4.39 Å². The molecular formula is C30H31FN2O4S. The van der Waals surface area contributed by atoms with Crippen LogP contribution in [0, 0.1) is 11.7 Å². The van der Waals surface area contributed by atoms with Gasteiger partial charge in [0.25, 0.3) is 0 Å². The molecule has 6 rings (SSSR count). The van der Waals surface area contributed by atoms with Crippen molar-refractivity contribution in [3.63, 3.8) is 0 Å². The van der Waals surface area contributed by atoms with E-state index in [0.29, 0.717) is 40.2 Å². The molecule has 1 unspecified atom stereocenters. The summed E-state index contributed by atoms with van der Waals surface area (Å²) in [5.41, 5.74) is 2.52. The largest absolute Gasteiger partial charge is 0.493 e. The first-order chi connectivity index (χ1) is 18.4. The summed E-state index contributed by atoms with van der Waals surface area (Å²) in [6, 6.07) is 13.8. The highest BCUT2D eigenvalue weighted by molar-refractivity contribution is 7.80. The average molecular weight is 535 g/mol. The minimum atomic E-state index is -1.23. The van der Waals surface area contributed by atoms with Crippen molar-refractivity contribution in [2.75, 3.05) is 20.3 Å². The van der Waals surface area contributed by atoms with Crippen LogP contribution in [0.1, 0.15) is 55.3 Å². The lowest BCUT2D eigenvalue weighted by molar-refractivity contribution is 0.0137. The third-order valence-corrected chi connectivity index (χ3v) is 7.97. The van der Waals surface area contributed by atoms with E-state index < -0.39 is 5.60 Å². The Hall–Kier alpha value is -3.23. The van der Waals surface area contributed by atoms with Gasteiger partial charge in [0.2, 0.25) is 0 Å².